The lowest BCUT2D eigenvalue weighted by Gasteiger charge is -2.41. The Hall–Kier alpha value is -0.160. The van der Waals surface area contributed by atoms with Crippen LogP contribution >= 0.6 is 0 Å². The summed E-state index contributed by atoms with van der Waals surface area (Å²) in [6.45, 7) is 10.0. The highest BCUT2D eigenvalue weighted by atomic mass is 16.6. The van der Waals surface area contributed by atoms with E-state index < -0.39 is 0 Å². The smallest absolute Gasteiger partial charge is 0.0936 e. The van der Waals surface area contributed by atoms with Crippen molar-refractivity contribution in [1.82, 2.24) is 10.2 Å². The van der Waals surface area contributed by atoms with Crippen molar-refractivity contribution in [3.05, 3.63) is 0 Å². The molecule has 4 nitrogen and oxygen atoms in total. The van der Waals surface area contributed by atoms with Crippen molar-refractivity contribution in [3.63, 3.8) is 0 Å². The van der Waals surface area contributed by atoms with Crippen molar-refractivity contribution >= 4 is 0 Å². The molecule has 2 rings (SSSR count). The largest absolute Gasteiger partial charge is 0.376 e. The van der Waals surface area contributed by atoms with Crippen molar-refractivity contribution in [2.75, 3.05) is 39.5 Å². The maximum atomic E-state index is 5.72. The number of piperazine rings is 1. The Morgan fingerprint density at radius 3 is 2.94 bits per heavy atom. The topological polar surface area (TPSA) is 33.7 Å². The van der Waals surface area contributed by atoms with Crippen LogP contribution in [0.15, 0.2) is 0 Å². The fraction of sp³-hybridized carbons (Fsp3) is 1.00. The van der Waals surface area contributed by atoms with E-state index in [1.807, 2.05) is 0 Å². The van der Waals surface area contributed by atoms with Gasteiger partial charge in [0.05, 0.1) is 25.9 Å². The molecule has 2 fully saturated rings. The van der Waals surface area contributed by atoms with E-state index in [4.69, 9.17) is 9.47 Å². The van der Waals surface area contributed by atoms with E-state index >= 15 is 0 Å². The first-order chi connectivity index (χ1) is 7.79. The summed E-state index contributed by atoms with van der Waals surface area (Å²) in [4.78, 5) is 2.56. The van der Waals surface area contributed by atoms with E-state index in [0.29, 0.717) is 12.1 Å². The van der Waals surface area contributed by atoms with Gasteiger partial charge in [0.1, 0.15) is 0 Å². The summed E-state index contributed by atoms with van der Waals surface area (Å²) >= 11 is 0. The minimum absolute atomic E-state index is 0.271. The quantitative estimate of drug-likeness (QED) is 0.761. The molecule has 2 aliphatic rings. The second kappa shape index (κ2) is 5.96. The van der Waals surface area contributed by atoms with E-state index in [2.05, 4.69) is 24.1 Å². The highest BCUT2D eigenvalue weighted by Crippen LogP contribution is 2.13. The molecule has 0 amide bonds. The molecule has 2 heterocycles. The van der Waals surface area contributed by atoms with Crippen molar-refractivity contribution in [1.29, 1.82) is 0 Å². The second-order valence-electron chi connectivity index (χ2n) is 4.89. The monoisotopic (exact) mass is 228 g/mol. The Balaban J connectivity index is 1.84. The van der Waals surface area contributed by atoms with E-state index in [-0.39, 0.29) is 6.10 Å². The van der Waals surface area contributed by atoms with Gasteiger partial charge in [-0.3, -0.25) is 4.90 Å². The predicted octanol–water partition coefficient (Wildman–Crippen LogP) is 0.474. The molecule has 3 unspecified atom stereocenters. The van der Waals surface area contributed by atoms with Gasteiger partial charge in [-0.2, -0.15) is 0 Å². The number of hydrogen-bond donors (Lipinski definition) is 1. The van der Waals surface area contributed by atoms with Gasteiger partial charge in [-0.25, -0.2) is 0 Å². The summed E-state index contributed by atoms with van der Waals surface area (Å²) in [5.74, 6) is 0. The highest BCUT2D eigenvalue weighted by Gasteiger charge is 2.27. The van der Waals surface area contributed by atoms with Gasteiger partial charge < -0.3 is 14.8 Å². The van der Waals surface area contributed by atoms with Gasteiger partial charge in [-0.05, 0) is 13.3 Å². The molecule has 0 aromatic carbocycles. The lowest BCUT2D eigenvalue weighted by molar-refractivity contribution is -0.103. The Kier molecular flexibility index (Phi) is 4.58. The van der Waals surface area contributed by atoms with Crippen LogP contribution in [0.25, 0.3) is 0 Å². The molecule has 0 saturated carbocycles. The first-order valence-electron chi connectivity index (χ1n) is 6.46. The summed E-state index contributed by atoms with van der Waals surface area (Å²) in [7, 11) is 0. The van der Waals surface area contributed by atoms with E-state index in [1.165, 1.54) is 6.42 Å². The standard InChI is InChI=1S/C12H24N2O2/c1-3-11-6-13-10(2)7-14(11)8-12-9-15-4-5-16-12/h10-13H,3-9H2,1-2H3. The Bertz CT molecular complexity index is 207. The van der Waals surface area contributed by atoms with Crippen LogP contribution in [-0.2, 0) is 9.47 Å². The zero-order chi connectivity index (χ0) is 11.4. The van der Waals surface area contributed by atoms with Gasteiger partial charge >= 0.3 is 0 Å². The van der Waals surface area contributed by atoms with E-state index in [9.17, 15) is 0 Å². The molecule has 0 aromatic rings. The summed E-state index contributed by atoms with van der Waals surface area (Å²) in [5.41, 5.74) is 0. The van der Waals surface area contributed by atoms with Gasteiger partial charge in [-0.1, -0.05) is 6.92 Å². The molecule has 94 valence electrons. The van der Waals surface area contributed by atoms with Crippen LogP contribution in [-0.4, -0.2) is 62.5 Å². The van der Waals surface area contributed by atoms with Gasteiger partial charge in [0.15, 0.2) is 0 Å². The normalized spacial score (nSPS) is 37.5. The highest BCUT2D eigenvalue weighted by molar-refractivity contribution is 4.85. The van der Waals surface area contributed by atoms with Crippen molar-refractivity contribution in [3.8, 4) is 0 Å². The lowest BCUT2D eigenvalue weighted by Crippen LogP contribution is -2.57. The molecule has 2 aliphatic heterocycles. The summed E-state index contributed by atoms with van der Waals surface area (Å²) < 4.78 is 11.2. The molecule has 2 saturated heterocycles. The zero-order valence-corrected chi connectivity index (χ0v) is 10.4. The van der Waals surface area contributed by atoms with E-state index in [1.54, 1.807) is 0 Å². The first kappa shape index (κ1) is 12.3. The minimum Gasteiger partial charge on any atom is -0.376 e. The van der Waals surface area contributed by atoms with Gasteiger partial charge in [0, 0.05) is 31.7 Å². The number of nitrogens with zero attached hydrogens (tertiary/aromatic N) is 1. The zero-order valence-electron chi connectivity index (χ0n) is 10.4. The van der Waals surface area contributed by atoms with Crippen molar-refractivity contribution < 1.29 is 9.47 Å². The second-order valence-corrected chi connectivity index (χ2v) is 4.89. The van der Waals surface area contributed by atoms with Crippen molar-refractivity contribution in [2.24, 2.45) is 0 Å². The molecule has 4 heteroatoms. The number of rotatable bonds is 3. The third-order valence-electron chi connectivity index (χ3n) is 3.52. The van der Waals surface area contributed by atoms with Gasteiger partial charge in [0.25, 0.3) is 0 Å². The minimum atomic E-state index is 0.271. The van der Waals surface area contributed by atoms with Crippen molar-refractivity contribution in [2.45, 2.75) is 38.5 Å². The fourth-order valence-electron chi connectivity index (χ4n) is 2.56. The van der Waals surface area contributed by atoms with Crippen LogP contribution in [0.4, 0.5) is 0 Å². The van der Waals surface area contributed by atoms with Crippen LogP contribution in [0.5, 0.6) is 0 Å². The average molecular weight is 228 g/mol. The summed E-state index contributed by atoms with van der Waals surface area (Å²) in [5, 5.41) is 3.54. The maximum absolute atomic E-state index is 5.72. The maximum Gasteiger partial charge on any atom is 0.0936 e. The lowest BCUT2D eigenvalue weighted by atomic mass is 10.1. The van der Waals surface area contributed by atoms with E-state index in [0.717, 1.165) is 39.5 Å². The third kappa shape index (κ3) is 3.17. The Labute approximate surface area is 98.3 Å². The Morgan fingerprint density at radius 2 is 2.25 bits per heavy atom. The molecule has 0 bridgehead atoms. The molecule has 0 radical (unpaired) electrons. The molecular weight excluding hydrogens is 204 g/mol. The third-order valence-corrected chi connectivity index (χ3v) is 3.52. The van der Waals surface area contributed by atoms with Gasteiger partial charge in [0.2, 0.25) is 0 Å². The number of hydrogen-bond acceptors (Lipinski definition) is 4. The summed E-state index contributed by atoms with van der Waals surface area (Å²) in [6, 6.07) is 1.24. The molecule has 0 aromatic heterocycles. The SMILES string of the molecule is CCC1CNC(C)CN1CC1COCCO1. The van der Waals surface area contributed by atoms with Crippen LogP contribution in [0, 0.1) is 0 Å². The molecular formula is C12H24N2O2. The van der Waals surface area contributed by atoms with Crippen LogP contribution in [0.3, 0.4) is 0 Å². The molecule has 3 atom stereocenters. The summed E-state index contributed by atoms with van der Waals surface area (Å²) in [6.07, 6.45) is 1.47. The molecule has 0 aliphatic carbocycles. The van der Waals surface area contributed by atoms with Crippen LogP contribution < -0.4 is 5.32 Å². The molecule has 1 N–H and O–H groups in total. The predicted molar refractivity (Wildman–Crippen MR) is 63.7 cm³/mol. The number of ether oxygens (including phenoxy) is 2. The molecule has 16 heavy (non-hydrogen) atoms. The van der Waals surface area contributed by atoms with Gasteiger partial charge in [-0.15, -0.1) is 0 Å². The van der Waals surface area contributed by atoms with Crippen LogP contribution in [0.2, 0.25) is 0 Å². The van der Waals surface area contributed by atoms with Crippen LogP contribution in [0.1, 0.15) is 20.3 Å². The fourth-order valence-corrected chi connectivity index (χ4v) is 2.56. The Morgan fingerprint density at radius 1 is 1.38 bits per heavy atom. The number of nitrogens with one attached hydrogen (secondary N) is 1. The molecule has 0 spiro atoms. The average Bonchev–Trinajstić information content (AvgIpc) is 2.31. The first-order valence-corrected chi connectivity index (χ1v) is 6.46.